The Balaban J connectivity index is 1.47. The van der Waals surface area contributed by atoms with Crippen molar-refractivity contribution in [3.63, 3.8) is 0 Å². The van der Waals surface area contributed by atoms with Crippen molar-refractivity contribution in [1.82, 2.24) is 19.7 Å². The molecule has 4 rings (SSSR count). The highest BCUT2D eigenvalue weighted by molar-refractivity contribution is 7.13. The molecular weight excluding hydrogens is 296 g/mol. The van der Waals surface area contributed by atoms with Crippen LogP contribution in [0.4, 0.5) is 0 Å². The number of ether oxygens (including phenoxy) is 1. The van der Waals surface area contributed by atoms with Gasteiger partial charge in [0.1, 0.15) is 5.01 Å². The predicted molar refractivity (Wildman–Crippen MR) is 86.7 cm³/mol. The molecule has 2 atom stereocenters. The third-order valence-corrected chi connectivity index (χ3v) is 5.66. The molecule has 1 saturated carbocycles. The van der Waals surface area contributed by atoms with E-state index in [-0.39, 0.29) is 0 Å². The Morgan fingerprint density at radius 1 is 1.36 bits per heavy atom. The number of aryl methyl sites for hydroxylation is 1. The lowest BCUT2D eigenvalue weighted by Gasteiger charge is -2.43. The van der Waals surface area contributed by atoms with Gasteiger partial charge >= 0.3 is 0 Å². The fourth-order valence-corrected chi connectivity index (χ4v) is 4.41. The summed E-state index contributed by atoms with van der Waals surface area (Å²) in [6.07, 6.45) is 9.49. The van der Waals surface area contributed by atoms with Gasteiger partial charge in [0, 0.05) is 43.3 Å². The standard InChI is InChI=1S/C16H22N4OS/c1-19-9-12(8-17-19)16-18-13(11-22-16)10-20-6-7-21-15-5-3-2-4-14(15)20/h8-9,11,14-15H,2-7,10H2,1H3/t14-,15+/m0/s1. The van der Waals surface area contributed by atoms with Gasteiger partial charge < -0.3 is 4.74 Å². The fraction of sp³-hybridized carbons (Fsp3) is 0.625. The van der Waals surface area contributed by atoms with Gasteiger partial charge in [0.25, 0.3) is 0 Å². The SMILES string of the molecule is Cn1cc(-c2nc(CN3CCO[C@@H]4CCCC[C@@H]43)cs2)cn1. The minimum atomic E-state index is 0.443. The molecule has 118 valence electrons. The minimum absolute atomic E-state index is 0.443. The molecule has 2 fully saturated rings. The Hall–Kier alpha value is -1.24. The second-order valence-corrected chi connectivity index (χ2v) is 7.14. The Kier molecular flexibility index (Phi) is 3.98. The van der Waals surface area contributed by atoms with Gasteiger partial charge in [-0.05, 0) is 12.8 Å². The second kappa shape index (κ2) is 6.10. The van der Waals surface area contributed by atoms with E-state index in [0.29, 0.717) is 12.1 Å². The zero-order valence-electron chi connectivity index (χ0n) is 12.9. The number of fused-ring (bicyclic) bond motifs is 1. The van der Waals surface area contributed by atoms with Crippen LogP contribution in [0.1, 0.15) is 31.4 Å². The highest BCUT2D eigenvalue weighted by Crippen LogP contribution is 2.30. The second-order valence-electron chi connectivity index (χ2n) is 6.28. The summed E-state index contributed by atoms with van der Waals surface area (Å²) in [4.78, 5) is 7.39. The third-order valence-electron chi connectivity index (χ3n) is 4.72. The first kappa shape index (κ1) is 14.4. The van der Waals surface area contributed by atoms with Gasteiger partial charge in [-0.2, -0.15) is 5.10 Å². The molecule has 6 heteroatoms. The number of aromatic nitrogens is 3. The molecule has 0 amide bonds. The number of hydrogen-bond acceptors (Lipinski definition) is 5. The van der Waals surface area contributed by atoms with Crippen molar-refractivity contribution in [1.29, 1.82) is 0 Å². The number of nitrogens with zero attached hydrogens (tertiary/aromatic N) is 4. The summed E-state index contributed by atoms with van der Waals surface area (Å²) in [6, 6.07) is 0.589. The normalized spacial score (nSPS) is 26.0. The van der Waals surface area contributed by atoms with Crippen LogP contribution in [0.25, 0.3) is 10.6 Å². The molecular formula is C16H22N4OS. The highest BCUT2D eigenvalue weighted by Gasteiger charge is 2.34. The van der Waals surface area contributed by atoms with Crippen LogP contribution in [0.3, 0.4) is 0 Å². The van der Waals surface area contributed by atoms with Crippen LogP contribution in [0.2, 0.25) is 0 Å². The molecule has 0 radical (unpaired) electrons. The van der Waals surface area contributed by atoms with Crippen LogP contribution in [0.15, 0.2) is 17.8 Å². The molecule has 2 aliphatic rings. The van der Waals surface area contributed by atoms with Crippen LogP contribution in [0.5, 0.6) is 0 Å². The molecule has 2 aromatic rings. The first-order chi connectivity index (χ1) is 10.8. The van der Waals surface area contributed by atoms with E-state index in [1.165, 1.54) is 31.4 Å². The van der Waals surface area contributed by atoms with E-state index < -0.39 is 0 Å². The molecule has 1 saturated heterocycles. The summed E-state index contributed by atoms with van der Waals surface area (Å²) in [7, 11) is 1.94. The topological polar surface area (TPSA) is 43.2 Å². The summed E-state index contributed by atoms with van der Waals surface area (Å²) in [5.74, 6) is 0. The maximum atomic E-state index is 5.96. The number of hydrogen-bond donors (Lipinski definition) is 0. The van der Waals surface area contributed by atoms with E-state index >= 15 is 0 Å². The zero-order valence-corrected chi connectivity index (χ0v) is 13.8. The molecule has 22 heavy (non-hydrogen) atoms. The quantitative estimate of drug-likeness (QED) is 0.873. The lowest BCUT2D eigenvalue weighted by molar-refractivity contribution is -0.0914. The Morgan fingerprint density at radius 3 is 3.14 bits per heavy atom. The molecule has 0 aromatic carbocycles. The average Bonchev–Trinajstić information content (AvgIpc) is 3.17. The summed E-state index contributed by atoms with van der Waals surface area (Å²) < 4.78 is 7.78. The van der Waals surface area contributed by atoms with E-state index in [1.54, 1.807) is 11.3 Å². The number of morpholine rings is 1. The molecule has 5 nitrogen and oxygen atoms in total. The highest BCUT2D eigenvalue weighted by atomic mass is 32.1. The zero-order chi connectivity index (χ0) is 14.9. The van der Waals surface area contributed by atoms with Crippen LogP contribution in [0, 0.1) is 0 Å². The lowest BCUT2D eigenvalue weighted by atomic mass is 9.90. The van der Waals surface area contributed by atoms with E-state index in [1.807, 2.05) is 24.1 Å². The molecule has 0 unspecified atom stereocenters. The summed E-state index contributed by atoms with van der Waals surface area (Å²) in [6.45, 7) is 2.84. The van der Waals surface area contributed by atoms with Gasteiger partial charge in [0.05, 0.1) is 24.6 Å². The summed E-state index contributed by atoms with van der Waals surface area (Å²) in [5, 5.41) is 7.48. The molecule has 0 N–H and O–H groups in total. The van der Waals surface area contributed by atoms with Crippen molar-refractivity contribution in [2.24, 2.45) is 7.05 Å². The third kappa shape index (κ3) is 2.83. The van der Waals surface area contributed by atoms with Crippen molar-refractivity contribution >= 4 is 11.3 Å². The molecule has 3 heterocycles. The van der Waals surface area contributed by atoms with Crippen molar-refractivity contribution in [2.75, 3.05) is 13.2 Å². The Labute approximate surface area is 134 Å². The van der Waals surface area contributed by atoms with Crippen molar-refractivity contribution < 1.29 is 4.74 Å². The average molecular weight is 318 g/mol. The monoisotopic (exact) mass is 318 g/mol. The Morgan fingerprint density at radius 2 is 2.27 bits per heavy atom. The maximum absolute atomic E-state index is 5.96. The molecule has 2 aromatic heterocycles. The molecule has 0 spiro atoms. The van der Waals surface area contributed by atoms with Crippen LogP contribution < -0.4 is 0 Å². The van der Waals surface area contributed by atoms with E-state index in [0.717, 1.165) is 30.3 Å². The van der Waals surface area contributed by atoms with Gasteiger partial charge in [-0.3, -0.25) is 9.58 Å². The van der Waals surface area contributed by atoms with Gasteiger partial charge in [0.15, 0.2) is 0 Å². The smallest absolute Gasteiger partial charge is 0.126 e. The first-order valence-corrected chi connectivity index (χ1v) is 8.96. The van der Waals surface area contributed by atoms with E-state index in [9.17, 15) is 0 Å². The van der Waals surface area contributed by atoms with Crippen LogP contribution >= 0.6 is 11.3 Å². The van der Waals surface area contributed by atoms with Crippen LogP contribution in [-0.4, -0.2) is 45.0 Å². The van der Waals surface area contributed by atoms with Crippen molar-refractivity contribution in [3.05, 3.63) is 23.5 Å². The largest absolute Gasteiger partial charge is 0.375 e. The predicted octanol–water partition coefficient (Wildman–Crippen LogP) is 2.69. The van der Waals surface area contributed by atoms with Crippen molar-refractivity contribution in [2.45, 2.75) is 44.4 Å². The number of rotatable bonds is 3. The van der Waals surface area contributed by atoms with E-state index in [4.69, 9.17) is 9.72 Å². The van der Waals surface area contributed by atoms with Gasteiger partial charge in [-0.15, -0.1) is 11.3 Å². The maximum Gasteiger partial charge on any atom is 0.126 e. The summed E-state index contributed by atoms with van der Waals surface area (Å²) in [5.41, 5.74) is 2.28. The summed E-state index contributed by atoms with van der Waals surface area (Å²) >= 11 is 1.71. The van der Waals surface area contributed by atoms with Gasteiger partial charge in [-0.25, -0.2) is 4.98 Å². The van der Waals surface area contributed by atoms with E-state index in [2.05, 4.69) is 15.4 Å². The van der Waals surface area contributed by atoms with Gasteiger partial charge in [-0.1, -0.05) is 12.8 Å². The Bertz CT molecular complexity index is 636. The van der Waals surface area contributed by atoms with Crippen molar-refractivity contribution in [3.8, 4) is 10.6 Å². The van der Waals surface area contributed by atoms with Gasteiger partial charge in [0.2, 0.25) is 0 Å². The molecule has 0 bridgehead atoms. The minimum Gasteiger partial charge on any atom is -0.375 e. The lowest BCUT2D eigenvalue weighted by Crippen LogP contribution is -2.52. The number of thiazole rings is 1. The molecule has 1 aliphatic carbocycles. The first-order valence-electron chi connectivity index (χ1n) is 8.09. The van der Waals surface area contributed by atoms with Crippen LogP contribution in [-0.2, 0) is 18.3 Å². The molecule has 1 aliphatic heterocycles. The fourth-order valence-electron chi connectivity index (χ4n) is 3.62.